The average Bonchev–Trinajstić information content (AvgIpc) is 2.46. The Bertz CT molecular complexity index is 294. The third-order valence-corrected chi connectivity index (χ3v) is 2.24. The van der Waals surface area contributed by atoms with E-state index in [2.05, 4.69) is 9.68 Å². The van der Waals surface area contributed by atoms with Crippen LogP contribution < -0.4 is 0 Å². The molecule has 0 bridgehead atoms. The average molecular weight is 236 g/mol. The van der Waals surface area contributed by atoms with Gasteiger partial charge in [-0.25, -0.2) is 0 Å². The first-order valence-corrected chi connectivity index (χ1v) is 4.25. The fourth-order valence-corrected chi connectivity index (χ4v) is 1.61. The van der Waals surface area contributed by atoms with Crippen LogP contribution >= 0.6 is 0 Å². The van der Waals surface area contributed by atoms with Crippen molar-refractivity contribution < 1.29 is 29.7 Å². The maximum absolute atomic E-state index is 10.6. The second-order valence-electron chi connectivity index (χ2n) is 3.24. The smallest absolute Gasteiger partial charge is 0.306 e. The molecule has 0 aromatic carbocycles. The van der Waals surface area contributed by atoms with Gasteiger partial charge in [0.1, 0.15) is 12.2 Å². The van der Waals surface area contributed by atoms with Crippen molar-refractivity contribution in [2.45, 2.75) is 25.0 Å². The van der Waals surface area contributed by atoms with Gasteiger partial charge in [0.05, 0.1) is 5.92 Å². The second kappa shape index (κ2) is 4.59. The molecule has 0 aliphatic heterocycles. The SMILES string of the molecule is O=C(O)[C@H]1C[C@H](O[N+](=O)[O-])[C@H](O[N+](=O)[O-])C1. The summed E-state index contributed by atoms with van der Waals surface area (Å²) in [7, 11) is 0. The maximum atomic E-state index is 10.6. The van der Waals surface area contributed by atoms with E-state index in [0.717, 1.165) is 0 Å². The molecular weight excluding hydrogens is 228 g/mol. The monoisotopic (exact) mass is 236 g/mol. The van der Waals surface area contributed by atoms with E-state index in [1.54, 1.807) is 0 Å². The summed E-state index contributed by atoms with van der Waals surface area (Å²) < 4.78 is 0. The zero-order valence-electron chi connectivity index (χ0n) is 7.85. The van der Waals surface area contributed by atoms with Crippen LogP contribution in [0.4, 0.5) is 0 Å². The van der Waals surface area contributed by atoms with E-state index in [1.165, 1.54) is 0 Å². The Morgan fingerprint density at radius 3 is 1.75 bits per heavy atom. The van der Waals surface area contributed by atoms with Gasteiger partial charge in [0.25, 0.3) is 10.2 Å². The summed E-state index contributed by atoms with van der Waals surface area (Å²) in [5.41, 5.74) is 0. The van der Waals surface area contributed by atoms with Crippen LogP contribution in [-0.4, -0.2) is 33.5 Å². The second-order valence-corrected chi connectivity index (χ2v) is 3.24. The van der Waals surface area contributed by atoms with Crippen molar-refractivity contribution in [3.8, 4) is 0 Å². The van der Waals surface area contributed by atoms with Gasteiger partial charge in [-0.1, -0.05) is 0 Å². The van der Waals surface area contributed by atoms with Crippen molar-refractivity contribution in [3.63, 3.8) is 0 Å². The molecule has 0 aromatic heterocycles. The lowest BCUT2D eigenvalue weighted by Crippen LogP contribution is -2.30. The van der Waals surface area contributed by atoms with Crippen LogP contribution in [0.15, 0.2) is 0 Å². The molecule has 0 amide bonds. The van der Waals surface area contributed by atoms with Gasteiger partial charge in [-0.2, -0.15) is 0 Å². The van der Waals surface area contributed by atoms with E-state index in [4.69, 9.17) is 5.11 Å². The summed E-state index contributed by atoms with van der Waals surface area (Å²) in [6, 6.07) is 0. The van der Waals surface area contributed by atoms with Gasteiger partial charge < -0.3 is 14.8 Å². The predicted molar refractivity (Wildman–Crippen MR) is 44.1 cm³/mol. The molecule has 1 fully saturated rings. The Kier molecular flexibility index (Phi) is 3.43. The van der Waals surface area contributed by atoms with E-state index in [9.17, 15) is 25.0 Å². The third kappa shape index (κ3) is 2.93. The molecule has 0 heterocycles. The summed E-state index contributed by atoms with van der Waals surface area (Å²) in [5.74, 6) is -2.12. The van der Waals surface area contributed by atoms with Crippen molar-refractivity contribution in [2.24, 2.45) is 5.92 Å². The molecule has 3 atom stereocenters. The summed E-state index contributed by atoms with van der Waals surface area (Å²) in [4.78, 5) is 39.0. The number of carboxylic acid groups (broad SMARTS) is 1. The highest BCUT2D eigenvalue weighted by atomic mass is 17.0. The van der Waals surface area contributed by atoms with Crippen molar-refractivity contribution >= 4 is 5.97 Å². The molecule has 1 rings (SSSR count). The summed E-state index contributed by atoms with van der Waals surface area (Å²) in [6.45, 7) is 0. The van der Waals surface area contributed by atoms with Crippen molar-refractivity contribution in [2.75, 3.05) is 0 Å². The molecule has 1 aliphatic rings. The largest absolute Gasteiger partial charge is 0.481 e. The minimum Gasteiger partial charge on any atom is -0.481 e. The quantitative estimate of drug-likeness (QED) is 0.503. The van der Waals surface area contributed by atoms with Crippen molar-refractivity contribution in [1.29, 1.82) is 0 Å². The molecule has 1 N–H and O–H groups in total. The minimum atomic E-state index is -1.22. The molecule has 0 radical (unpaired) electrons. The molecule has 10 nitrogen and oxygen atoms in total. The Morgan fingerprint density at radius 1 is 1.12 bits per heavy atom. The number of carboxylic acids is 1. The number of hydrogen-bond donors (Lipinski definition) is 1. The maximum Gasteiger partial charge on any atom is 0.306 e. The van der Waals surface area contributed by atoms with Gasteiger partial charge in [-0.05, 0) is 12.8 Å². The molecule has 0 unspecified atom stereocenters. The molecule has 16 heavy (non-hydrogen) atoms. The number of nitrogens with zero attached hydrogens (tertiary/aromatic N) is 2. The molecule has 90 valence electrons. The lowest BCUT2D eigenvalue weighted by molar-refractivity contribution is -0.797. The highest BCUT2D eigenvalue weighted by Crippen LogP contribution is 2.30. The van der Waals surface area contributed by atoms with E-state index in [1.807, 2.05) is 0 Å². The van der Waals surface area contributed by atoms with Gasteiger partial charge >= 0.3 is 5.97 Å². The third-order valence-electron chi connectivity index (χ3n) is 2.24. The van der Waals surface area contributed by atoms with E-state index in [-0.39, 0.29) is 12.8 Å². The summed E-state index contributed by atoms with van der Waals surface area (Å²) in [6.07, 6.45) is -2.81. The number of aliphatic carboxylic acids is 1. The highest BCUT2D eigenvalue weighted by Gasteiger charge is 2.42. The zero-order chi connectivity index (χ0) is 12.3. The number of carbonyl (C=O) groups is 1. The van der Waals surface area contributed by atoms with E-state index < -0.39 is 34.3 Å². The summed E-state index contributed by atoms with van der Waals surface area (Å²) in [5, 5.41) is 26.6. The van der Waals surface area contributed by atoms with Crippen LogP contribution in [0.2, 0.25) is 0 Å². The first-order valence-electron chi connectivity index (χ1n) is 4.25. The molecule has 0 aromatic rings. The van der Waals surface area contributed by atoms with Gasteiger partial charge in [-0.15, -0.1) is 20.2 Å². The van der Waals surface area contributed by atoms with Crippen molar-refractivity contribution in [3.05, 3.63) is 20.2 Å². The van der Waals surface area contributed by atoms with Crippen LogP contribution in [0.3, 0.4) is 0 Å². The van der Waals surface area contributed by atoms with E-state index >= 15 is 0 Å². The normalized spacial score (nSPS) is 28.4. The Hall–Kier alpha value is -2.13. The molecule has 10 heteroatoms. The van der Waals surface area contributed by atoms with Gasteiger partial charge in [0, 0.05) is 0 Å². The van der Waals surface area contributed by atoms with E-state index in [0.29, 0.717) is 0 Å². The topological polar surface area (TPSA) is 142 Å². The fraction of sp³-hybridized carbons (Fsp3) is 0.833. The Labute approximate surface area is 88.0 Å². The first-order chi connectivity index (χ1) is 7.40. The van der Waals surface area contributed by atoms with Crippen LogP contribution in [0.1, 0.15) is 12.8 Å². The molecule has 0 saturated heterocycles. The number of rotatable bonds is 5. The Balaban J connectivity index is 2.66. The number of hydrogen-bond acceptors (Lipinski definition) is 7. The lowest BCUT2D eigenvalue weighted by atomic mass is 10.1. The molecule has 1 aliphatic carbocycles. The predicted octanol–water partition coefficient (Wildman–Crippen LogP) is -0.365. The lowest BCUT2D eigenvalue weighted by Gasteiger charge is -2.14. The zero-order valence-corrected chi connectivity index (χ0v) is 7.85. The first kappa shape index (κ1) is 11.9. The molecule has 1 saturated carbocycles. The van der Waals surface area contributed by atoms with Crippen LogP contribution in [-0.2, 0) is 14.5 Å². The minimum absolute atomic E-state index is 0.186. The van der Waals surface area contributed by atoms with Crippen molar-refractivity contribution in [1.82, 2.24) is 0 Å². The van der Waals surface area contributed by atoms with Crippen LogP contribution in [0.5, 0.6) is 0 Å². The fourth-order valence-electron chi connectivity index (χ4n) is 1.61. The van der Waals surface area contributed by atoms with Gasteiger partial charge in [0.2, 0.25) is 0 Å². The van der Waals surface area contributed by atoms with Crippen LogP contribution in [0.25, 0.3) is 0 Å². The summed E-state index contributed by atoms with van der Waals surface area (Å²) >= 11 is 0. The molecular formula is C6H8N2O8. The Morgan fingerprint density at radius 2 is 1.50 bits per heavy atom. The van der Waals surface area contributed by atoms with Gasteiger partial charge in [-0.3, -0.25) is 4.79 Å². The highest BCUT2D eigenvalue weighted by molar-refractivity contribution is 5.70. The standard InChI is InChI=1S/C6H8N2O8/c9-6(10)3-1-4(15-7(11)12)5(2-3)16-8(13)14/h3-5H,1-2H2,(H,9,10)/t3-,4-,5+. The van der Waals surface area contributed by atoms with Gasteiger partial charge in [0.15, 0.2) is 0 Å². The molecule has 0 spiro atoms. The van der Waals surface area contributed by atoms with Crippen LogP contribution in [0, 0.1) is 26.1 Å².